The van der Waals surface area contributed by atoms with Crippen molar-refractivity contribution in [2.24, 2.45) is 4.99 Å². The van der Waals surface area contributed by atoms with E-state index in [4.69, 9.17) is 0 Å². The Kier molecular flexibility index (Phi) is 6.37. The lowest BCUT2D eigenvalue weighted by Gasteiger charge is -2.14. The Morgan fingerprint density at radius 2 is 2.12 bits per heavy atom. The van der Waals surface area contributed by atoms with Gasteiger partial charge in [-0.05, 0) is 48.9 Å². The monoisotopic (exact) mass is 391 g/mol. The van der Waals surface area contributed by atoms with Crippen LogP contribution in [0.15, 0.2) is 58.5 Å². The van der Waals surface area contributed by atoms with Crippen LogP contribution in [0.5, 0.6) is 5.75 Å². The maximum absolute atomic E-state index is 13.8. The SMILES string of the molecule is C=CCNC(=NCc1cc(Br)ccc1F)Nc1ccc(O)cc1C. The van der Waals surface area contributed by atoms with Crippen molar-refractivity contribution in [3.05, 3.63) is 70.5 Å². The number of phenolic OH excluding ortho intramolecular Hbond substituents is 1. The summed E-state index contributed by atoms with van der Waals surface area (Å²) < 4.78 is 14.6. The molecule has 0 aromatic heterocycles. The number of nitrogens with one attached hydrogen (secondary N) is 2. The van der Waals surface area contributed by atoms with E-state index in [1.807, 2.05) is 6.92 Å². The topological polar surface area (TPSA) is 56.7 Å². The van der Waals surface area contributed by atoms with Crippen LogP contribution < -0.4 is 10.6 Å². The van der Waals surface area contributed by atoms with Gasteiger partial charge in [-0.15, -0.1) is 6.58 Å². The first kappa shape index (κ1) is 18.0. The fraction of sp³-hybridized carbons (Fsp3) is 0.167. The molecule has 0 amide bonds. The van der Waals surface area contributed by atoms with Gasteiger partial charge in [0.25, 0.3) is 0 Å². The van der Waals surface area contributed by atoms with Crippen LogP contribution in [0.2, 0.25) is 0 Å². The average Bonchev–Trinajstić information content (AvgIpc) is 2.55. The second-order valence-corrected chi connectivity index (χ2v) is 6.11. The van der Waals surface area contributed by atoms with Crippen LogP contribution in [0.3, 0.4) is 0 Å². The summed E-state index contributed by atoms with van der Waals surface area (Å²) in [7, 11) is 0. The summed E-state index contributed by atoms with van der Waals surface area (Å²) in [4.78, 5) is 4.42. The summed E-state index contributed by atoms with van der Waals surface area (Å²) in [6.45, 7) is 6.25. The van der Waals surface area contributed by atoms with Gasteiger partial charge in [-0.2, -0.15) is 0 Å². The minimum Gasteiger partial charge on any atom is -0.508 e. The number of hydrogen-bond acceptors (Lipinski definition) is 2. The van der Waals surface area contributed by atoms with Gasteiger partial charge < -0.3 is 15.7 Å². The molecule has 0 fully saturated rings. The molecule has 0 radical (unpaired) electrons. The van der Waals surface area contributed by atoms with Gasteiger partial charge in [-0.25, -0.2) is 9.38 Å². The molecule has 2 rings (SSSR count). The van der Waals surface area contributed by atoms with Gasteiger partial charge in [0.1, 0.15) is 11.6 Å². The average molecular weight is 392 g/mol. The first-order chi connectivity index (χ1) is 11.5. The Morgan fingerprint density at radius 3 is 2.83 bits per heavy atom. The van der Waals surface area contributed by atoms with E-state index < -0.39 is 0 Å². The maximum atomic E-state index is 13.8. The molecule has 0 bridgehead atoms. The third kappa shape index (κ3) is 5.09. The smallest absolute Gasteiger partial charge is 0.196 e. The number of benzene rings is 2. The van der Waals surface area contributed by atoms with Gasteiger partial charge in [0.15, 0.2) is 5.96 Å². The van der Waals surface area contributed by atoms with Crippen molar-refractivity contribution in [3.63, 3.8) is 0 Å². The Labute approximate surface area is 149 Å². The molecule has 0 saturated heterocycles. The van der Waals surface area contributed by atoms with Crippen molar-refractivity contribution in [1.29, 1.82) is 0 Å². The highest BCUT2D eigenvalue weighted by Gasteiger charge is 2.06. The third-order valence-corrected chi connectivity index (χ3v) is 3.79. The number of aromatic hydroxyl groups is 1. The Bertz CT molecular complexity index is 762. The zero-order valence-corrected chi connectivity index (χ0v) is 14.9. The molecular weight excluding hydrogens is 373 g/mol. The minimum atomic E-state index is -0.300. The third-order valence-electron chi connectivity index (χ3n) is 3.29. The van der Waals surface area contributed by atoms with Crippen molar-refractivity contribution in [3.8, 4) is 5.75 Å². The summed E-state index contributed by atoms with van der Waals surface area (Å²) in [5.41, 5.74) is 2.17. The van der Waals surface area contributed by atoms with Crippen molar-refractivity contribution < 1.29 is 9.50 Å². The van der Waals surface area contributed by atoms with Crippen LogP contribution in [0.4, 0.5) is 10.1 Å². The molecule has 0 atom stereocenters. The van der Waals surface area contributed by atoms with Crippen LogP contribution in [0.25, 0.3) is 0 Å². The molecule has 0 aliphatic carbocycles. The number of aliphatic imine (C=N–C) groups is 1. The Balaban J connectivity index is 2.20. The highest BCUT2D eigenvalue weighted by atomic mass is 79.9. The van der Waals surface area contributed by atoms with Crippen LogP contribution in [0.1, 0.15) is 11.1 Å². The summed E-state index contributed by atoms with van der Waals surface area (Å²) >= 11 is 3.33. The van der Waals surface area contributed by atoms with E-state index in [9.17, 15) is 9.50 Å². The fourth-order valence-electron chi connectivity index (χ4n) is 2.05. The Hall–Kier alpha value is -2.34. The van der Waals surface area contributed by atoms with E-state index in [0.717, 1.165) is 15.7 Å². The molecule has 126 valence electrons. The Morgan fingerprint density at radius 1 is 1.33 bits per heavy atom. The van der Waals surface area contributed by atoms with E-state index in [1.54, 1.807) is 36.4 Å². The van der Waals surface area contributed by atoms with Crippen LogP contribution >= 0.6 is 15.9 Å². The van der Waals surface area contributed by atoms with Gasteiger partial charge >= 0.3 is 0 Å². The number of halogens is 2. The normalized spacial score (nSPS) is 11.2. The lowest BCUT2D eigenvalue weighted by Crippen LogP contribution is -2.31. The summed E-state index contributed by atoms with van der Waals surface area (Å²) in [5.74, 6) is 0.403. The van der Waals surface area contributed by atoms with Gasteiger partial charge in [-0.1, -0.05) is 22.0 Å². The van der Waals surface area contributed by atoms with Crippen molar-refractivity contribution in [1.82, 2.24) is 5.32 Å². The first-order valence-electron chi connectivity index (χ1n) is 7.39. The van der Waals surface area contributed by atoms with Crippen molar-refractivity contribution in [2.75, 3.05) is 11.9 Å². The van der Waals surface area contributed by atoms with E-state index in [-0.39, 0.29) is 18.1 Å². The van der Waals surface area contributed by atoms with E-state index >= 15 is 0 Å². The molecule has 2 aromatic carbocycles. The summed E-state index contributed by atoms with van der Waals surface area (Å²) in [6.07, 6.45) is 1.71. The number of anilines is 1. The van der Waals surface area contributed by atoms with Crippen LogP contribution in [-0.4, -0.2) is 17.6 Å². The number of nitrogens with zero attached hydrogens (tertiary/aromatic N) is 1. The first-order valence-corrected chi connectivity index (χ1v) is 8.18. The molecule has 0 aliphatic heterocycles. The van der Waals surface area contributed by atoms with Gasteiger partial charge in [0, 0.05) is 22.3 Å². The highest BCUT2D eigenvalue weighted by Crippen LogP contribution is 2.20. The zero-order valence-electron chi connectivity index (χ0n) is 13.3. The molecule has 24 heavy (non-hydrogen) atoms. The maximum Gasteiger partial charge on any atom is 0.196 e. The van der Waals surface area contributed by atoms with E-state index in [0.29, 0.717) is 18.1 Å². The van der Waals surface area contributed by atoms with Crippen LogP contribution in [-0.2, 0) is 6.54 Å². The minimum absolute atomic E-state index is 0.189. The van der Waals surface area contributed by atoms with Gasteiger partial charge in [0.2, 0.25) is 0 Å². The second kappa shape index (κ2) is 8.49. The molecule has 0 heterocycles. The van der Waals surface area contributed by atoms with E-state index in [1.165, 1.54) is 6.07 Å². The molecule has 2 aromatic rings. The standard InChI is InChI=1S/C18H19BrFN3O/c1-3-8-21-18(23-17-7-5-15(24)9-12(17)2)22-11-13-10-14(19)4-6-16(13)20/h3-7,9-10,24H,1,8,11H2,2H3,(H2,21,22,23). The number of phenols is 1. The predicted molar refractivity (Wildman–Crippen MR) is 99.9 cm³/mol. The lowest BCUT2D eigenvalue weighted by atomic mass is 10.2. The summed E-state index contributed by atoms with van der Waals surface area (Å²) in [6, 6.07) is 9.77. The number of guanidine groups is 1. The van der Waals surface area contributed by atoms with Gasteiger partial charge in [-0.3, -0.25) is 0 Å². The highest BCUT2D eigenvalue weighted by molar-refractivity contribution is 9.10. The molecule has 4 nitrogen and oxygen atoms in total. The predicted octanol–water partition coefficient (Wildman–Crippen LogP) is 4.35. The van der Waals surface area contributed by atoms with Crippen LogP contribution in [0, 0.1) is 12.7 Å². The molecule has 3 N–H and O–H groups in total. The lowest BCUT2D eigenvalue weighted by molar-refractivity contribution is 0.475. The number of aryl methyl sites for hydroxylation is 1. The number of rotatable bonds is 5. The van der Waals surface area contributed by atoms with E-state index in [2.05, 4.69) is 38.1 Å². The quantitative estimate of drug-likeness (QED) is 0.307. The largest absolute Gasteiger partial charge is 0.508 e. The fourth-order valence-corrected chi connectivity index (χ4v) is 2.46. The molecule has 0 spiro atoms. The molecule has 0 saturated carbocycles. The molecule has 0 aliphatic rings. The molecule has 6 heteroatoms. The molecular formula is C18H19BrFN3O. The number of hydrogen-bond donors (Lipinski definition) is 3. The molecule has 0 unspecified atom stereocenters. The second-order valence-electron chi connectivity index (χ2n) is 5.19. The summed E-state index contributed by atoms with van der Waals surface area (Å²) in [5, 5.41) is 15.7. The zero-order chi connectivity index (χ0) is 17.5. The van der Waals surface area contributed by atoms with Crippen molar-refractivity contribution in [2.45, 2.75) is 13.5 Å². The van der Waals surface area contributed by atoms with Crippen molar-refractivity contribution >= 4 is 27.6 Å². The van der Waals surface area contributed by atoms with Gasteiger partial charge in [0.05, 0.1) is 6.54 Å².